The van der Waals surface area contributed by atoms with Crippen LogP contribution in [-0.4, -0.2) is 15.7 Å². The van der Waals surface area contributed by atoms with E-state index in [2.05, 4.69) is 24.0 Å². The molecule has 0 saturated carbocycles. The van der Waals surface area contributed by atoms with E-state index in [0.717, 1.165) is 43.9 Å². The standard InChI is InChI=1S/C24H30N2O2S/c1-3-4-5-6-7-8-9-10-11-16-29-24-26-23-19-12-14-20-22(25-17(2)27-20)18(19)13-15-21(23)28-24/h12-15H,3-11,16H2,1-2H3. The molecule has 0 unspecified atom stereocenters. The van der Waals surface area contributed by atoms with E-state index in [9.17, 15) is 0 Å². The largest absolute Gasteiger partial charge is 0.441 e. The molecule has 2 heterocycles. The van der Waals surface area contributed by atoms with Crippen LogP contribution in [0.25, 0.3) is 33.0 Å². The summed E-state index contributed by atoms with van der Waals surface area (Å²) in [5.41, 5.74) is 3.47. The van der Waals surface area contributed by atoms with Crippen LogP contribution in [0.5, 0.6) is 0 Å². The van der Waals surface area contributed by atoms with Gasteiger partial charge in [0.05, 0.1) is 0 Å². The molecule has 154 valence electrons. The molecule has 0 spiro atoms. The second-order valence-electron chi connectivity index (χ2n) is 7.81. The second kappa shape index (κ2) is 9.66. The van der Waals surface area contributed by atoms with Crippen LogP contribution in [0.4, 0.5) is 0 Å². The molecular weight excluding hydrogens is 380 g/mol. The highest BCUT2D eigenvalue weighted by molar-refractivity contribution is 7.99. The summed E-state index contributed by atoms with van der Waals surface area (Å²) < 4.78 is 11.6. The van der Waals surface area contributed by atoms with Gasteiger partial charge in [0.25, 0.3) is 5.22 Å². The van der Waals surface area contributed by atoms with Crippen molar-refractivity contribution >= 4 is 44.7 Å². The topological polar surface area (TPSA) is 52.1 Å². The predicted molar refractivity (Wildman–Crippen MR) is 122 cm³/mol. The highest BCUT2D eigenvalue weighted by atomic mass is 32.2. The molecule has 4 nitrogen and oxygen atoms in total. The zero-order valence-electron chi connectivity index (χ0n) is 17.5. The first-order valence-corrected chi connectivity index (χ1v) is 12.0. The van der Waals surface area contributed by atoms with E-state index in [1.165, 1.54) is 57.8 Å². The van der Waals surface area contributed by atoms with Gasteiger partial charge in [-0.25, -0.2) is 9.97 Å². The molecule has 0 N–H and O–H groups in total. The van der Waals surface area contributed by atoms with Gasteiger partial charge >= 0.3 is 0 Å². The molecule has 0 atom stereocenters. The van der Waals surface area contributed by atoms with Gasteiger partial charge in [-0.1, -0.05) is 70.1 Å². The van der Waals surface area contributed by atoms with Crippen molar-refractivity contribution in [2.24, 2.45) is 0 Å². The molecule has 29 heavy (non-hydrogen) atoms. The highest BCUT2D eigenvalue weighted by Crippen LogP contribution is 2.33. The maximum Gasteiger partial charge on any atom is 0.256 e. The number of hydrogen-bond acceptors (Lipinski definition) is 5. The van der Waals surface area contributed by atoms with Crippen LogP contribution >= 0.6 is 11.8 Å². The highest BCUT2D eigenvalue weighted by Gasteiger charge is 2.13. The van der Waals surface area contributed by atoms with Crippen LogP contribution in [-0.2, 0) is 0 Å². The average molecular weight is 411 g/mol. The Hall–Kier alpha value is -2.01. The Labute approximate surface area is 176 Å². The number of nitrogens with zero attached hydrogens (tertiary/aromatic N) is 2. The lowest BCUT2D eigenvalue weighted by Gasteiger charge is -2.01. The SMILES string of the molecule is CCCCCCCCCCCSc1nc2c(ccc3c2ccc2oc(C)nc23)o1. The van der Waals surface area contributed by atoms with Crippen molar-refractivity contribution in [3.05, 3.63) is 30.2 Å². The number of unbranched alkanes of at least 4 members (excludes halogenated alkanes) is 8. The van der Waals surface area contributed by atoms with Crippen molar-refractivity contribution in [2.75, 3.05) is 5.75 Å². The van der Waals surface area contributed by atoms with Crippen LogP contribution in [0.3, 0.4) is 0 Å². The number of oxazole rings is 2. The Morgan fingerprint density at radius 3 is 2.00 bits per heavy atom. The molecule has 4 aromatic rings. The van der Waals surface area contributed by atoms with Crippen molar-refractivity contribution in [1.29, 1.82) is 0 Å². The number of thioether (sulfide) groups is 1. The first-order chi connectivity index (χ1) is 14.3. The average Bonchev–Trinajstić information content (AvgIpc) is 3.31. The molecule has 5 heteroatoms. The molecule has 0 fully saturated rings. The van der Waals surface area contributed by atoms with Crippen molar-refractivity contribution in [3.8, 4) is 0 Å². The second-order valence-corrected chi connectivity index (χ2v) is 8.86. The van der Waals surface area contributed by atoms with E-state index >= 15 is 0 Å². The van der Waals surface area contributed by atoms with Gasteiger partial charge in [0.15, 0.2) is 17.1 Å². The van der Waals surface area contributed by atoms with Crippen molar-refractivity contribution in [2.45, 2.75) is 76.9 Å². The Bertz CT molecular complexity index is 1080. The first-order valence-electron chi connectivity index (χ1n) is 11.0. The third-order valence-corrected chi connectivity index (χ3v) is 6.39. The van der Waals surface area contributed by atoms with Crippen LogP contribution < -0.4 is 0 Å². The summed E-state index contributed by atoms with van der Waals surface area (Å²) in [5.74, 6) is 1.75. The molecule has 2 aromatic carbocycles. The Morgan fingerprint density at radius 2 is 1.31 bits per heavy atom. The summed E-state index contributed by atoms with van der Waals surface area (Å²) in [6.07, 6.45) is 12.2. The van der Waals surface area contributed by atoms with Crippen LogP contribution in [0.2, 0.25) is 0 Å². The number of aryl methyl sites for hydroxylation is 1. The molecule has 0 aliphatic carbocycles. The molecule has 0 saturated heterocycles. The summed E-state index contributed by atoms with van der Waals surface area (Å²) in [4.78, 5) is 9.30. The number of fused-ring (bicyclic) bond motifs is 5. The normalized spacial score (nSPS) is 11.9. The van der Waals surface area contributed by atoms with Crippen molar-refractivity contribution < 1.29 is 8.83 Å². The minimum absolute atomic E-state index is 0.685. The number of rotatable bonds is 11. The summed E-state index contributed by atoms with van der Waals surface area (Å²) in [5, 5.41) is 2.90. The van der Waals surface area contributed by atoms with E-state index in [4.69, 9.17) is 13.8 Å². The zero-order valence-corrected chi connectivity index (χ0v) is 18.3. The lowest BCUT2D eigenvalue weighted by molar-refractivity contribution is 0.489. The van der Waals surface area contributed by atoms with E-state index < -0.39 is 0 Å². The molecule has 0 aliphatic rings. The van der Waals surface area contributed by atoms with E-state index in [-0.39, 0.29) is 0 Å². The number of hydrogen-bond donors (Lipinski definition) is 0. The molecule has 2 aromatic heterocycles. The van der Waals surface area contributed by atoms with E-state index in [1.807, 2.05) is 19.1 Å². The molecule has 0 amide bonds. The third kappa shape index (κ3) is 4.77. The van der Waals surface area contributed by atoms with E-state index in [0.29, 0.717) is 5.89 Å². The van der Waals surface area contributed by atoms with Crippen molar-refractivity contribution in [1.82, 2.24) is 9.97 Å². The lowest BCUT2D eigenvalue weighted by atomic mass is 10.1. The fraction of sp³-hybridized carbons (Fsp3) is 0.500. The minimum atomic E-state index is 0.685. The molecule has 0 radical (unpaired) electrons. The van der Waals surface area contributed by atoms with E-state index in [1.54, 1.807) is 11.8 Å². The fourth-order valence-corrected chi connectivity index (χ4v) is 4.74. The fourth-order valence-electron chi connectivity index (χ4n) is 3.91. The van der Waals surface area contributed by atoms with Gasteiger partial charge in [-0.2, -0.15) is 0 Å². The quantitative estimate of drug-likeness (QED) is 0.185. The lowest BCUT2D eigenvalue weighted by Crippen LogP contribution is -1.84. The molecule has 4 rings (SSSR count). The summed E-state index contributed by atoms with van der Waals surface area (Å²) in [7, 11) is 0. The third-order valence-electron chi connectivity index (χ3n) is 5.47. The van der Waals surface area contributed by atoms with Gasteiger partial charge in [0.2, 0.25) is 0 Å². The molecule has 0 aliphatic heterocycles. The maximum absolute atomic E-state index is 5.98. The van der Waals surface area contributed by atoms with Crippen molar-refractivity contribution in [3.63, 3.8) is 0 Å². The van der Waals surface area contributed by atoms with Crippen LogP contribution in [0.1, 0.15) is 70.6 Å². The van der Waals surface area contributed by atoms with Gasteiger partial charge in [-0.15, -0.1) is 0 Å². The predicted octanol–water partition coefficient (Wildman–Crippen LogP) is 8.05. The van der Waals surface area contributed by atoms with Gasteiger partial charge < -0.3 is 8.83 Å². The summed E-state index contributed by atoms with van der Waals surface area (Å²) >= 11 is 1.73. The first kappa shape index (κ1) is 20.3. The smallest absolute Gasteiger partial charge is 0.256 e. The Morgan fingerprint density at radius 1 is 0.724 bits per heavy atom. The molecule has 0 bridgehead atoms. The Balaban J connectivity index is 1.32. The van der Waals surface area contributed by atoms with Gasteiger partial charge in [0.1, 0.15) is 11.0 Å². The maximum atomic E-state index is 5.98. The van der Waals surface area contributed by atoms with Gasteiger partial charge in [0, 0.05) is 23.4 Å². The zero-order chi connectivity index (χ0) is 20.1. The summed E-state index contributed by atoms with van der Waals surface area (Å²) in [6, 6.07) is 8.09. The minimum Gasteiger partial charge on any atom is -0.441 e. The monoisotopic (exact) mass is 410 g/mol. The number of aromatic nitrogens is 2. The number of benzene rings is 2. The Kier molecular flexibility index (Phi) is 6.75. The molecular formula is C24H30N2O2S. The summed E-state index contributed by atoms with van der Waals surface area (Å²) in [6.45, 7) is 4.15. The van der Waals surface area contributed by atoms with Gasteiger partial charge in [-0.05, 0) is 30.7 Å². The van der Waals surface area contributed by atoms with Crippen LogP contribution in [0.15, 0.2) is 38.3 Å². The van der Waals surface area contributed by atoms with Crippen LogP contribution in [0, 0.1) is 6.92 Å². The van der Waals surface area contributed by atoms with Gasteiger partial charge in [-0.3, -0.25) is 0 Å².